The molecule has 11 heteroatoms. The monoisotopic (exact) mass is 342 g/mol. The summed E-state index contributed by atoms with van der Waals surface area (Å²) in [4.78, 5) is 0. The first-order valence-corrected chi connectivity index (χ1v) is 7.08. The first-order chi connectivity index (χ1) is 10.8. The van der Waals surface area contributed by atoms with Crippen LogP contribution in [-0.4, -0.2) is 115 Å². The number of aliphatic hydroxyl groups is 8. The maximum absolute atomic E-state index is 9.94. The van der Waals surface area contributed by atoms with Gasteiger partial charge in [-0.1, -0.05) is 0 Å². The maximum Gasteiger partial charge on any atom is 0.187 e. The van der Waals surface area contributed by atoms with Gasteiger partial charge in [0.25, 0.3) is 0 Å². The minimum Gasteiger partial charge on any atom is -0.394 e. The van der Waals surface area contributed by atoms with Crippen molar-refractivity contribution < 1.29 is 55.1 Å². The van der Waals surface area contributed by atoms with Gasteiger partial charge in [0.15, 0.2) is 12.6 Å². The Bertz CT molecular complexity index is 378. The van der Waals surface area contributed by atoms with Crippen LogP contribution in [0.15, 0.2) is 0 Å². The Labute approximate surface area is 130 Å². The summed E-state index contributed by atoms with van der Waals surface area (Å²) in [5.74, 6) is 0. The smallest absolute Gasteiger partial charge is 0.187 e. The molecule has 0 radical (unpaired) electrons. The van der Waals surface area contributed by atoms with Crippen LogP contribution < -0.4 is 0 Å². The predicted molar refractivity (Wildman–Crippen MR) is 68.6 cm³/mol. The Morgan fingerprint density at radius 3 is 1.83 bits per heavy atom. The lowest BCUT2D eigenvalue weighted by molar-refractivity contribution is -0.355. The maximum atomic E-state index is 9.94. The van der Waals surface area contributed by atoms with Crippen molar-refractivity contribution in [1.29, 1.82) is 0 Å². The van der Waals surface area contributed by atoms with E-state index in [1.807, 2.05) is 0 Å². The molecule has 0 aliphatic carbocycles. The van der Waals surface area contributed by atoms with Gasteiger partial charge in [0.05, 0.1) is 13.2 Å². The van der Waals surface area contributed by atoms with Crippen molar-refractivity contribution in [2.45, 2.75) is 61.4 Å². The third-order valence-electron chi connectivity index (χ3n) is 3.98. The third kappa shape index (κ3) is 3.65. The largest absolute Gasteiger partial charge is 0.394 e. The van der Waals surface area contributed by atoms with Crippen LogP contribution >= 0.6 is 0 Å². The summed E-state index contributed by atoms with van der Waals surface area (Å²) in [6.45, 7) is -1.35. The summed E-state index contributed by atoms with van der Waals surface area (Å²) in [6.07, 6.45) is -15.6. The Balaban J connectivity index is 2.11. The van der Waals surface area contributed by atoms with E-state index in [1.54, 1.807) is 0 Å². The molecule has 0 unspecified atom stereocenters. The Hall–Kier alpha value is -0.440. The Morgan fingerprint density at radius 2 is 1.26 bits per heavy atom. The van der Waals surface area contributed by atoms with Crippen molar-refractivity contribution in [3.8, 4) is 0 Å². The van der Waals surface area contributed by atoms with Crippen molar-refractivity contribution in [3.63, 3.8) is 0 Å². The number of hydrogen-bond donors (Lipinski definition) is 8. The lowest BCUT2D eigenvalue weighted by Crippen LogP contribution is -2.64. The Morgan fingerprint density at radius 1 is 0.652 bits per heavy atom. The molecule has 0 saturated carbocycles. The summed E-state index contributed by atoms with van der Waals surface area (Å²) < 4.78 is 15.3. The molecule has 8 N–H and O–H groups in total. The van der Waals surface area contributed by atoms with Crippen molar-refractivity contribution in [3.05, 3.63) is 0 Å². The molecule has 2 saturated heterocycles. The van der Waals surface area contributed by atoms with Gasteiger partial charge in [-0.25, -0.2) is 0 Å². The molecule has 0 aromatic heterocycles. The first kappa shape index (κ1) is 18.9. The van der Waals surface area contributed by atoms with Gasteiger partial charge in [0.2, 0.25) is 0 Å². The zero-order chi connectivity index (χ0) is 17.3. The lowest BCUT2D eigenvalue weighted by Gasteiger charge is -2.45. The summed E-state index contributed by atoms with van der Waals surface area (Å²) in [5, 5.41) is 76.5. The molecule has 0 aromatic rings. The minimum atomic E-state index is -1.74. The first-order valence-electron chi connectivity index (χ1n) is 7.08. The van der Waals surface area contributed by atoms with Gasteiger partial charge < -0.3 is 55.1 Å². The summed E-state index contributed by atoms with van der Waals surface area (Å²) in [6, 6.07) is 0. The molecular weight excluding hydrogens is 320 g/mol. The van der Waals surface area contributed by atoms with E-state index in [-0.39, 0.29) is 0 Å². The van der Waals surface area contributed by atoms with Crippen LogP contribution in [-0.2, 0) is 14.2 Å². The lowest BCUT2D eigenvalue weighted by atomic mass is 9.97. The number of hydrogen-bond acceptors (Lipinski definition) is 11. The van der Waals surface area contributed by atoms with Crippen LogP contribution in [0.5, 0.6) is 0 Å². The molecule has 2 rings (SSSR count). The fraction of sp³-hybridized carbons (Fsp3) is 1.00. The van der Waals surface area contributed by atoms with E-state index in [4.69, 9.17) is 19.3 Å². The second-order valence-corrected chi connectivity index (χ2v) is 5.53. The van der Waals surface area contributed by atoms with Gasteiger partial charge in [-0.3, -0.25) is 0 Å². The number of ether oxygens (including phenoxy) is 3. The second kappa shape index (κ2) is 7.63. The molecule has 0 spiro atoms. The highest BCUT2D eigenvalue weighted by molar-refractivity contribution is 4.93. The van der Waals surface area contributed by atoms with Crippen LogP contribution in [0.25, 0.3) is 0 Å². The molecule has 136 valence electrons. The summed E-state index contributed by atoms with van der Waals surface area (Å²) in [5.41, 5.74) is 0. The van der Waals surface area contributed by atoms with Gasteiger partial charge in [-0.05, 0) is 0 Å². The number of rotatable bonds is 4. The molecule has 0 bridgehead atoms. The van der Waals surface area contributed by atoms with Gasteiger partial charge in [-0.2, -0.15) is 0 Å². The normalized spacial score (nSPS) is 51.7. The summed E-state index contributed by atoms with van der Waals surface area (Å²) >= 11 is 0. The van der Waals surface area contributed by atoms with E-state index < -0.39 is 74.6 Å². The SMILES string of the molecule is OC[C@@H]1O[C@@H](O)[C@H](O)[C@@H](O)[C@@H]1O[C@H]1O[C@H](CO)[C@@H](O)[C@H](O)[C@H]1O. The molecule has 2 heterocycles. The van der Waals surface area contributed by atoms with Crippen LogP contribution in [0.1, 0.15) is 0 Å². The van der Waals surface area contributed by atoms with E-state index in [2.05, 4.69) is 0 Å². The molecule has 2 fully saturated rings. The predicted octanol–water partition coefficient (Wildman–Crippen LogP) is -5.40. The average molecular weight is 342 g/mol. The van der Waals surface area contributed by atoms with Crippen LogP contribution in [0.3, 0.4) is 0 Å². The highest BCUT2D eigenvalue weighted by atomic mass is 16.7. The van der Waals surface area contributed by atoms with Gasteiger partial charge in [0, 0.05) is 0 Å². The minimum absolute atomic E-state index is 0.667. The fourth-order valence-corrected chi connectivity index (χ4v) is 2.57. The van der Waals surface area contributed by atoms with Gasteiger partial charge in [0.1, 0.15) is 48.8 Å². The molecular formula is C12H22O11. The van der Waals surface area contributed by atoms with E-state index >= 15 is 0 Å². The van der Waals surface area contributed by atoms with E-state index in [0.29, 0.717) is 0 Å². The number of aliphatic hydroxyl groups excluding tert-OH is 8. The quantitative estimate of drug-likeness (QED) is 0.243. The zero-order valence-electron chi connectivity index (χ0n) is 12.0. The molecule has 2 aliphatic heterocycles. The molecule has 23 heavy (non-hydrogen) atoms. The van der Waals surface area contributed by atoms with Crippen molar-refractivity contribution in [1.82, 2.24) is 0 Å². The molecule has 0 amide bonds. The van der Waals surface area contributed by atoms with E-state index in [9.17, 15) is 35.7 Å². The van der Waals surface area contributed by atoms with Gasteiger partial charge in [-0.15, -0.1) is 0 Å². The van der Waals surface area contributed by atoms with Crippen molar-refractivity contribution >= 4 is 0 Å². The fourth-order valence-electron chi connectivity index (χ4n) is 2.57. The van der Waals surface area contributed by atoms with E-state index in [0.717, 1.165) is 0 Å². The average Bonchev–Trinajstić information content (AvgIpc) is 2.55. The van der Waals surface area contributed by atoms with Crippen molar-refractivity contribution in [2.75, 3.05) is 13.2 Å². The Kier molecular flexibility index (Phi) is 6.27. The highest BCUT2D eigenvalue weighted by Crippen LogP contribution is 2.28. The molecule has 11 nitrogen and oxygen atoms in total. The highest BCUT2D eigenvalue weighted by Gasteiger charge is 2.50. The molecule has 10 atom stereocenters. The second-order valence-electron chi connectivity index (χ2n) is 5.53. The zero-order valence-corrected chi connectivity index (χ0v) is 12.0. The van der Waals surface area contributed by atoms with Crippen LogP contribution in [0.4, 0.5) is 0 Å². The van der Waals surface area contributed by atoms with Crippen LogP contribution in [0, 0.1) is 0 Å². The topological polar surface area (TPSA) is 190 Å². The van der Waals surface area contributed by atoms with Crippen molar-refractivity contribution in [2.24, 2.45) is 0 Å². The third-order valence-corrected chi connectivity index (χ3v) is 3.98. The summed E-state index contributed by atoms with van der Waals surface area (Å²) in [7, 11) is 0. The van der Waals surface area contributed by atoms with Crippen LogP contribution in [0.2, 0.25) is 0 Å². The molecule has 2 aliphatic rings. The standard InChI is InChI=1S/C12H22O11/c13-1-3-5(15)6(16)9(19)12(22-3)23-10-4(2-14)21-11(20)8(18)7(10)17/h3-20H,1-2H2/t3-,4+,5-,6+,7-,8-,9-,10-,11-,12-/m1/s1. The van der Waals surface area contributed by atoms with E-state index in [1.165, 1.54) is 0 Å². The van der Waals surface area contributed by atoms with Gasteiger partial charge >= 0.3 is 0 Å². The molecule has 0 aromatic carbocycles.